The molecule has 144 valence electrons. The van der Waals surface area contributed by atoms with Crippen LogP contribution in [0.4, 0.5) is 0 Å². The first-order valence-corrected chi connectivity index (χ1v) is 9.69. The van der Waals surface area contributed by atoms with E-state index in [1.807, 2.05) is 95.8 Å². The van der Waals surface area contributed by atoms with E-state index in [1.54, 1.807) is 12.1 Å². The van der Waals surface area contributed by atoms with Crippen molar-refractivity contribution in [3.8, 4) is 16.9 Å². The summed E-state index contributed by atoms with van der Waals surface area (Å²) in [5.74, 6) is 0.141. The van der Waals surface area contributed by atoms with E-state index in [2.05, 4.69) is 0 Å². The van der Waals surface area contributed by atoms with Crippen molar-refractivity contribution in [3.63, 3.8) is 0 Å². The number of ketones is 1. The normalized spacial score (nSPS) is 11.3. The highest BCUT2D eigenvalue weighted by Gasteiger charge is 2.13. The summed E-state index contributed by atoms with van der Waals surface area (Å²) >= 11 is 0. The smallest absolute Gasteiger partial charge is 0.221 e. The van der Waals surface area contributed by atoms with Crippen molar-refractivity contribution in [1.29, 1.82) is 0 Å². The van der Waals surface area contributed by atoms with E-state index in [9.17, 15) is 4.79 Å². The number of carbonyl (C=O) groups is 1. The van der Waals surface area contributed by atoms with E-state index in [1.165, 1.54) is 6.08 Å². The predicted molar refractivity (Wildman–Crippen MR) is 119 cm³/mol. The second-order valence-corrected chi connectivity index (χ2v) is 6.93. The van der Waals surface area contributed by atoms with Gasteiger partial charge in [-0.1, -0.05) is 66.7 Å². The molecule has 0 radical (unpaired) electrons. The zero-order chi connectivity index (χ0) is 20.3. The maximum Gasteiger partial charge on any atom is 0.221 e. The van der Waals surface area contributed by atoms with Gasteiger partial charge in [-0.15, -0.1) is 0 Å². The van der Waals surface area contributed by atoms with Gasteiger partial charge in [0, 0.05) is 22.7 Å². The van der Waals surface area contributed by atoms with Gasteiger partial charge in [0.05, 0.1) is 11.4 Å². The molecular formula is C26H18N2O2. The van der Waals surface area contributed by atoms with Crippen LogP contribution in [0.1, 0.15) is 16.1 Å². The van der Waals surface area contributed by atoms with Crippen LogP contribution in [0, 0.1) is 0 Å². The number of hydrogen-bond acceptors (Lipinski definition) is 3. The summed E-state index contributed by atoms with van der Waals surface area (Å²) in [5, 5.41) is 5.68. The van der Waals surface area contributed by atoms with Gasteiger partial charge in [0.15, 0.2) is 5.76 Å². The monoisotopic (exact) mass is 390 g/mol. The van der Waals surface area contributed by atoms with Crippen LogP contribution in [0.25, 0.3) is 34.0 Å². The molecule has 0 aliphatic rings. The lowest BCUT2D eigenvalue weighted by Crippen LogP contribution is -1.93. The average Bonchev–Trinajstić information content (AvgIpc) is 3.43. The van der Waals surface area contributed by atoms with Crippen molar-refractivity contribution in [2.45, 2.75) is 0 Å². The summed E-state index contributed by atoms with van der Waals surface area (Å²) in [6.07, 6.45) is 5.26. The molecule has 0 amide bonds. The van der Waals surface area contributed by atoms with Crippen molar-refractivity contribution in [2.24, 2.45) is 0 Å². The Morgan fingerprint density at radius 2 is 1.57 bits per heavy atom. The Bertz CT molecular complexity index is 1310. The van der Waals surface area contributed by atoms with Crippen LogP contribution in [-0.4, -0.2) is 15.6 Å². The minimum atomic E-state index is -0.183. The second kappa shape index (κ2) is 7.68. The molecule has 0 saturated heterocycles. The molecule has 0 aliphatic carbocycles. The minimum Gasteiger partial charge on any atom is -0.453 e. The summed E-state index contributed by atoms with van der Waals surface area (Å²) in [6.45, 7) is 0. The number of hydrogen-bond donors (Lipinski definition) is 0. The molecule has 0 fully saturated rings. The number of carbonyl (C=O) groups excluding carboxylic acids is 1. The Balaban J connectivity index is 1.52. The molecule has 0 aliphatic heterocycles. The topological polar surface area (TPSA) is 48.0 Å². The van der Waals surface area contributed by atoms with Crippen LogP contribution in [-0.2, 0) is 0 Å². The number of nitrogens with zero attached hydrogens (tertiary/aromatic N) is 2. The minimum absolute atomic E-state index is 0.183. The first kappa shape index (κ1) is 17.9. The lowest BCUT2D eigenvalue weighted by molar-refractivity contribution is 0.102. The molecule has 0 atom stereocenters. The van der Waals surface area contributed by atoms with Crippen molar-refractivity contribution >= 4 is 22.8 Å². The Labute approximate surface area is 173 Å². The SMILES string of the molecule is O=C(/C=C/c1cn(-c2ccccc2)nc1-c1ccccc1)c1cc2ccccc2o1. The highest BCUT2D eigenvalue weighted by molar-refractivity contribution is 6.07. The zero-order valence-electron chi connectivity index (χ0n) is 16.1. The van der Waals surface area contributed by atoms with E-state index in [4.69, 9.17) is 9.52 Å². The Morgan fingerprint density at radius 3 is 2.33 bits per heavy atom. The third-order valence-corrected chi connectivity index (χ3v) is 4.89. The molecule has 4 nitrogen and oxygen atoms in total. The molecule has 5 rings (SSSR count). The Hall–Kier alpha value is -4.18. The van der Waals surface area contributed by atoms with Crippen molar-refractivity contribution in [1.82, 2.24) is 9.78 Å². The van der Waals surface area contributed by atoms with Gasteiger partial charge in [-0.3, -0.25) is 4.79 Å². The van der Waals surface area contributed by atoms with Gasteiger partial charge in [0.25, 0.3) is 0 Å². The van der Waals surface area contributed by atoms with Crippen molar-refractivity contribution in [2.75, 3.05) is 0 Å². The molecule has 3 aromatic carbocycles. The lowest BCUT2D eigenvalue weighted by Gasteiger charge is -2.00. The van der Waals surface area contributed by atoms with Crippen molar-refractivity contribution < 1.29 is 9.21 Å². The second-order valence-electron chi connectivity index (χ2n) is 6.93. The number of furan rings is 1. The summed E-state index contributed by atoms with van der Waals surface area (Å²) in [5.41, 5.74) is 4.32. The molecule has 30 heavy (non-hydrogen) atoms. The van der Waals surface area contributed by atoms with Crippen LogP contribution < -0.4 is 0 Å². The lowest BCUT2D eigenvalue weighted by atomic mass is 10.1. The average molecular weight is 390 g/mol. The number of para-hydroxylation sites is 2. The predicted octanol–water partition coefficient (Wildman–Crippen LogP) is 6.18. The fourth-order valence-electron chi connectivity index (χ4n) is 3.39. The number of fused-ring (bicyclic) bond motifs is 1. The first-order valence-electron chi connectivity index (χ1n) is 9.69. The van der Waals surface area contributed by atoms with Gasteiger partial charge in [0.2, 0.25) is 5.78 Å². The highest BCUT2D eigenvalue weighted by atomic mass is 16.3. The molecule has 4 heteroatoms. The Morgan fingerprint density at radius 1 is 0.867 bits per heavy atom. The first-order chi connectivity index (χ1) is 14.8. The molecule has 0 saturated carbocycles. The molecular weight excluding hydrogens is 372 g/mol. The molecule has 5 aromatic rings. The number of allylic oxidation sites excluding steroid dienone is 1. The van der Waals surface area contributed by atoms with Crippen LogP contribution in [0.5, 0.6) is 0 Å². The van der Waals surface area contributed by atoms with E-state index in [0.29, 0.717) is 11.3 Å². The van der Waals surface area contributed by atoms with Gasteiger partial charge in [-0.2, -0.15) is 5.10 Å². The van der Waals surface area contributed by atoms with Gasteiger partial charge in [0.1, 0.15) is 5.58 Å². The van der Waals surface area contributed by atoms with Crippen LogP contribution >= 0.6 is 0 Å². The molecule has 2 heterocycles. The maximum absolute atomic E-state index is 12.7. The molecule has 0 bridgehead atoms. The zero-order valence-corrected chi connectivity index (χ0v) is 16.1. The standard InChI is InChI=1S/C26H18N2O2/c29-23(25-17-20-11-7-8-14-24(20)30-25)16-15-21-18-28(22-12-5-2-6-13-22)27-26(21)19-9-3-1-4-10-19/h1-18H/b16-15+. The van der Waals surface area contributed by atoms with Gasteiger partial charge < -0.3 is 4.42 Å². The summed E-state index contributed by atoms with van der Waals surface area (Å²) < 4.78 is 7.51. The molecule has 2 aromatic heterocycles. The van der Waals surface area contributed by atoms with E-state index < -0.39 is 0 Å². The summed E-state index contributed by atoms with van der Waals surface area (Å²) in [6, 6.07) is 29.2. The molecule has 0 N–H and O–H groups in total. The van der Waals surface area contributed by atoms with Gasteiger partial charge >= 0.3 is 0 Å². The summed E-state index contributed by atoms with van der Waals surface area (Å²) in [7, 11) is 0. The molecule has 0 unspecified atom stereocenters. The fraction of sp³-hybridized carbons (Fsp3) is 0. The van der Waals surface area contributed by atoms with E-state index >= 15 is 0 Å². The number of aromatic nitrogens is 2. The van der Waals surface area contributed by atoms with Gasteiger partial charge in [-0.05, 0) is 36.4 Å². The number of rotatable bonds is 5. The van der Waals surface area contributed by atoms with Gasteiger partial charge in [-0.25, -0.2) is 4.68 Å². The van der Waals surface area contributed by atoms with Crippen LogP contribution in [0.3, 0.4) is 0 Å². The third-order valence-electron chi connectivity index (χ3n) is 4.89. The largest absolute Gasteiger partial charge is 0.453 e. The Kier molecular flexibility index (Phi) is 4.58. The van der Waals surface area contributed by atoms with E-state index in [-0.39, 0.29) is 5.78 Å². The highest BCUT2D eigenvalue weighted by Crippen LogP contribution is 2.25. The molecule has 0 spiro atoms. The number of benzene rings is 3. The van der Waals surface area contributed by atoms with Crippen molar-refractivity contribution in [3.05, 3.63) is 115 Å². The quantitative estimate of drug-likeness (QED) is 0.266. The fourth-order valence-corrected chi connectivity index (χ4v) is 3.39. The van der Waals surface area contributed by atoms with Crippen LogP contribution in [0.15, 0.2) is 108 Å². The maximum atomic E-state index is 12.7. The van der Waals surface area contributed by atoms with Crippen LogP contribution in [0.2, 0.25) is 0 Å². The summed E-state index contributed by atoms with van der Waals surface area (Å²) in [4.78, 5) is 12.7. The third kappa shape index (κ3) is 3.47. The van der Waals surface area contributed by atoms with E-state index in [0.717, 1.165) is 27.9 Å².